The van der Waals surface area contributed by atoms with Crippen LogP contribution in [-0.4, -0.2) is 31.0 Å². The molecule has 0 heterocycles. The Balaban J connectivity index is 1.49. The van der Waals surface area contributed by atoms with Gasteiger partial charge in [-0.1, -0.05) is 18.2 Å². The molecule has 0 radical (unpaired) electrons. The molecule has 3 aromatic rings. The van der Waals surface area contributed by atoms with E-state index in [1.165, 1.54) is 0 Å². The van der Waals surface area contributed by atoms with Gasteiger partial charge >= 0.3 is 5.97 Å². The lowest BCUT2D eigenvalue weighted by Gasteiger charge is -2.09. The van der Waals surface area contributed by atoms with Gasteiger partial charge in [0.2, 0.25) is 0 Å². The Morgan fingerprint density at radius 1 is 0.742 bits per heavy atom. The molecule has 7 nitrogen and oxygen atoms in total. The molecular weight excluding hydrogens is 396 g/mol. The first-order chi connectivity index (χ1) is 15.0. The number of ether oxygens (including phenoxy) is 2. The third-order valence-electron chi connectivity index (χ3n) is 4.20. The number of rotatable bonds is 8. The lowest BCUT2D eigenvalue weighted by molar-refractivity contribution is -0.119. The lowest BCUT2D eigenvalue weighted by atomic mass is 10.2. The van der Waals surface area contributed by atoms with Gasteiger partial charge in [0.1, 0.15) is 5.75 Å². The van der Waals surface area contributed by atoms with E-state index in [9.17, 15) is 14.4 Å². The van der Waals surface area contributed by atoms with Gasteiger partial charge in [-0.3, -0.25) is 9.59 Å². The maximum Gasteiger partial charge on any atom is 0.338 e. The molecule has 0 aliphatic rings. The molecule has 0 saturated carbocycles. The molecule has 0 saturated heterocycles. The molecule has 0 aliphatic heterocycles. The highest BCUT2D eigenvalue weighted by Crippen LogP contribution is 2.17. The van der Waals surface area contributed by atoms with Gasteiger partial charge in [-0.15, -0.1) is 0 Å². The van der Waals surface area contributed by atoms with E-state index in [1.807, 2.05) is 6.92 Å². The molecule has 3 rings (SSSR count). The van der Waals surface area contributed by atoms with Gasteiger partial charge in [-0.05, 0) is 67.6 Å². The summed E-state index contributed by atoms with van der Waals surface area (Å²) in [6, 6.07) is 21.9. The largest absolute Gasteiger partial charge is 0.494 e. The minimum absolute atomic E-state index is 0.279. The topological polar surface area (TPSA) is 93.7 Å². The molecule has 0 spiro atoms. The molecule has 0 aromatic heterocycles. The second kappa shape index (κ2) is 10.6. The van der Waals surface area contributed by atoms with Crippen LogP contribution in [0.2, 0.25) is 0 Å². The van der Waals surface area contributed by atoms with Gasteiger partial charge in [-0.25, -0.2) is 4.79 Å². The number of carbonyl (C=O) groups excluding carboxylic acids is 3. The van der Waals surface area contributed by atoms with Crippen LogP contribution in [0.25, 0.3) is 0 Å². The fraction of sp³-hybridized carbons (Fsp3) is 0.125. The summed E-state index contributed by atoms with van der Waals surface area (Å²) in [6.07, 6.45) is 0. The van der Waals surface area contributed by atoms with Gasteiger partial charge in [0, 0.05) is 16.9 Å². The van der Waals surface area contributed by atoms with E-state index in [-0.39, 0.29) is 5.91 Å². The van der Waals surface area contributed by atoms with E-state index in [1.54, 1.807) is 78.9 Å². The van der Waals surface area contributed by atoms with Crippen LogP contribution in [0, 0.1) is 0 Å². The molecule has 3 aromatic carbocycles. The lowest BCUT2D eigenvalue weighted by Crippen LogP contribution is -2.21. The van der Waals surface area contributed by atoms with Crippen molar-refractivity contribution in [3.8, 4) is 5.75 Å². The Hall–Kier alpha value is -4.13. The second-order valence-corrected chi connectivity index (χ2v) is 6.48. The molecule has 158 valence electrons. The van der Waals surface area contributed by atoms with Gasteiger partial charge < -0.3 is 20.1 Å². The van der Waals surface area contributed by atoms with Crippen molar-refractivity contribution in [2.75, 3.05) is 23.8 Å². The van der Waals surface area contributed by atoms with Crippen LogP contribution in [0.5, 0.6) is 5.75 Å². The van der Waals surface area contributed by atoms with Crippen LogP contribution in [0.15, 0.2) is 78.9 Å². The van der Waals surface area contributed by atoms with Crippen molar-refractivity contribution in [2.45, 2.75) is 6.92 Å². The van der Waals surface area contributed by atoms with Gasteiger partial charge in [0.05, 0.1) is 12.2 Å². The standard InChI is InChI=1S/C24H22N2O5/c1-2-30-21-14-12-20(13-15-21)26-23(28)17-8-10-19(11-9-17)25-22(27)16-31-24(29)18-6-4-3-5-7-18/h3-15H,2,16H2,1H3,(H,25,27)(H,26,28). The molecule has 31 heavy (non-hydrogen) atoms. The minimum Gasteiger partial charge on any atom is -0.494 e. The van der Waals surface area contributed by atoms with Crippen molar-refractivity contribution in [2.24, 2.45) is 0 Å². The summed E-state index contributed by atoms with van der Waals surface area (Å²) in [5.74, 6) is -0.596. The predicted molar refractivity (Wildman–Crippen MR) is 117 cm³/mol. The third kappa shape index (κ3) is 6.43. The summed E-state index contributed by atoms with van der Waals surface area (Å²) in [4.78, 5) is 36.3. The first-order valence-electron chi connectivity index (χ1n) is 9.71. The van der Waals surface area contributed by atoms with Crippen LogP contribution in [0.3, 0.4) is 0 Å². The summed E-state index contributed by atoms with van der Waals surface area (Å²) in [5.41, 5.74) is 1.94. The second-order valence-electron chi connectivity index (χ2n) is 6.48. The molecule has 0 aliphatic carbocycles. The maximum absolute atomic E-state index is 12.4. The van der Waals surface area contributed by atoms with Crippen molar-refractivity contribution in [1.82, 2.24) is 0 Å². The zero-order valence-electron chi connectivity index (χ0n) is 17.0. The summed E-state index contributed by atoms with van der Waals surface area (Å²) >= 11 is 0. The fourth-order valence-corrected chi connectivity index (χ4v) is 2.70. The first-order valence-corrected chi connectivity index (χ1v) is 9.71. The highest BCUT2D eigenvalue weighted by Gasteiger charge is 2.11. The Kier molecular flexibility index (Phi) is 7.37. The van der Waals surface area contributed by atoms with E-state index in [4.69, 9.17) is 9.47 Å². The van der Waals surface area contributed by atoms with E-state index in [0.29, 0.717) is 29.1 Å². The van der Waals surface area contributed by atoms with Crippen LogP contribution in [0.1, 0.15) is 27.6 Å². The Morgan fingerprint density at radius 2 is 1.35 bits per heavy atom. The van der Waals surface area contributed by atoms with Crippen LogP contribution >= 0.6 is 0 Å². The molecule has 0 atom stereocenters. The van der Waals surface area contributed by atoms with Crippen LogP contribution < -0.4 is 15.4 Å². The summed E-state index contributed by atoms with van der Waals surface area (Å²) in [7, 11) is 0. The van der Waals surface area contributed by atoms with Crippen LogP contribution in [0.4, 0.5) is 11.4 Å². The van der Waals surface area contributed by atoms with Crippen LogP contribution in [-0.2, 0) is 9.53 Å². The number of hydrogen-bond donors (Lipinski definition) is 2. The highest BCUT2D eigenvalue weighted by atomic mass is 16.5. The normalized spacial score (nSPS) is 10.1. The molecule has 0 unspecified atom stereocenters. The van der Waals surface area contributed by atoms with E-state index in [2.05, 4.69) is 10.6 Å². The number of nitrogens with one attached hydrogen (secondary N) is 2. The first kappa shape index (κ1) is 21.6. The van der Waals surface area contributed by atoms with E-state index < -0.39 is 18.5 Å². The zero-order chi connectivity index (χ0) is 22.1. The van der Waals surface area contributed by atoms with E-state index in [0.717, 1.165) is 5.75 Å². The van der Waals surface area contributed by atoms with E-state index >= 15 is 0 Å². The number of amides is 2. The Morgan fingerprint density at radius 3 is 2.00 bits per heavy atom. The molecule has 0 bridgehead atoms. The van der Waals surface area contributed by atoms with Crippen molar-refractivity contribution >= 4 is 29.2 Å². The zero-order valence-corrected chi connectivity index (χ0v) is 17.0. The monoisotopic (exact) mass is 418 g/mol. The van der Waals surface area contributed by atoms with Gasteiger partial charge in [-0.2, -0.15) is 0 Å². The van der Waals surface area contributed by atoms with Gasteiger partial charge in [0.25, 0.3) is 11.8 Å². The highest BCUT2D eigenvalue weighted by molar-refractivity contribution is 6.04. The number of carbonyl (C=O) groups is 3. The minimum atomic E-state index is -0.572. The number of hydrogen-bond acceptors (Lipinski definition) is 5. The summed E-state index contributed by atoms with van der Waals surface area (Å²) < 4.78 is 10.4. The van der Waals surface area contributed by atoms with Crippen molar-refractivity contribution < 1.29 is 23.9 Å². The fourth-order valence-electron chi connectivity index (χ4n) is 2.70. The maximum atomic E-state index is 12.4. The quantitative estimate of drug-likeness (QED) is 0.537. The molecule has 2 N–H and O–H groups in total. The summed E-state index contributed by atoms with van der Waals surface area (Å²) in [6.45, 7) is 2.07. The average molecular weight is 418 g/mol. The van der Waals surface area contributed by atoms with Gasteiger partial charge in [0.15, 0.2) is 6.61 Å². The van der Waals surface area contributed by atoms with Crippen molar-refractivity contribution in [3.05, 3.63) is 90.0 Å². The molecule has 7 heteroatoms. The SMILES string of the molecule is CCOc1ccc(NC(=O)c2ccc(NC(=O)COC(=O)c3ccccc3)cc2)cc1. The smallest absolute Gasteiger partial charge is 0.338 e. The number of benzene rings is 3. The average Bonchev–Trinajstić information content (AvgIpc) is 2.80. The number of anilines is 2. The Labute approximate surface area is 180 Å². The molecule has 0 fully saturated rings. The molecule has 2 amide bonds. The predicted octanol–water partition coefficient (Wildman–Crippen LogP) is 4.13. The molecular formula is C24H22N2O5. The van der Waals surface area contributed by atoms with Crippen molar-refractivity contribution in [1.29, 1.82) is 0 Å². The summed E-state index contributed by atoms with van der Waals surface area (Å²) in [5, 5.41) is 5.42. The Bertz CT molecular complexity index is 1030. The van der Waals surface area contributed by atoms with Crippen molar-refractivity contribution in [3.63, 3.8) is 0 Å². The third-order valence-corrected chi connectivity index (χ3v) is 4.20. The number of esters is 1.